The molecule has 2 aliphatic heterocycles. The summed E-state index contributed by atoms with van der Waals surface area (Å²) in [6.07, 6.45) is 7.10. The Labute approximate surface area is 119 Å². The first-order valence-corrected chi connectivity index (χ1v) is 6.77. The highest BCUT2D eigenvalue weighted by Gasteiger charge is 2.18. The molecule has 1 N–H and O–H groups in total. The minimum atomic E-state index is 0. The summed E-state index contributed by atoms with van der Waals surface area (Å²) in [4.78, 5) is 2.68. The minimum absolute atomic E-state index is 0. The molecule has 17 heavy (non-hydrogen) atoms. The van der Waals surface area contributed by atoms with E-state index in [2.05, 4.69) is 17.1 Å². The molecule has 2 fully saturated rings. The van der Waals surface area contributed by atoms with Crippen LogP contribution in [0.15, 0.2) is 0 Å². The fourth-order valence-electron chi connectivity index (χ4n) is 2.82. The van der Waals surface area contributed by atoms with Crippen molar-refractivity contribution in [3.8, 4) is 0 Å². The highest BCUT2D eigenvalue weighted by atomic mass is 35.5. The molecule has 0 aromatic rings. The van der Waals surface area contributed by atoms with E-state index in [4.69, 9.17) is 0 Å². The van der Waals surface area contributed by atoms with E-state index in [1.165, 1.54) is 64.8 Å². The summed E-state index contributed by atoms with van der Waals surface area (Å²) in [5, 5.41) is 3.44. The quantitative estimate of drug-likeness (QED) is 0.856. The van der Waals surface area contributed by atoms with Crippen molar-refractivity contribution in [3.05, 3.63) is 0 Å². The molecule has 2 rings (SSSR count). The molecule has 4 heteroatoms. The van der Waals surface area contributed by atoms with Crippen LogP contribution in [-0.2, 0) is 0 Å². The lowest BCUT2D eigenvalue weighted by Crippen LogP contribution is -2.35. The van der Waals surface area contributed by atoms with Crippen LogP contribution in [0, 0.1) is 11.8 Å². The van der Waals surface area contributed by atoms with Gasteiger partial charge in [0.1, 0.15) is 0 Å². The predicted octanol–water partition coefficient (Wildman–Crippen LogP) is 2.95. The molecule has 0 unspecified atom stereocenters. The minimum Gasteiger partial charge on any atom is -0.317 e. The molecular weight excluding hydrogens is 255 g/mol. The van der Waals surface area contributed by atoms with Crippen LogP contribution in [-0.4, -0.2) is 37.6 Å². The van der Waals surface area contributed by atoms with Gasteiger partial charge in [-0.05, 0) is 76.7 Å². The Balaban J connectivity index is 0.00000128. The van der Waals surface area contributed by atoms with E-state index in [-0.39, 0.29) is 24.8 Å². The molecule has 0 saturated carbocycles. The fourth-order valence-corrected chi connectivity index (χ4v) is 2.82. The topological polar surface area (TPSA) is 15.3 Å². The van der Waals surface area contributed by atoms with E-state index >= 15 is 0 Å². The molecular formula is C13H28Cl2N2. The second-order valence-electron chi connectivity index (χ2n) is 5.51. The van der Waals surface area contributed by atoms with E-state index in [1.807, 2.05) is 0 Å². The third kappa shape index (κ3) is 6.28. The number of rotatable bonds is 3. The van der Waals surface area contributed by atoms with Crippen molar-refractivity contribution < 1.29 is 0 Å². The van der Waals surface area contributed by atoms with Crippen molar-refractivity contribution in [2.24, 2.45) is 11.8 Å². The number of nitrogens with one attached hydrogen (secondary N) is 1. The predicted molar refractivity (Wildman–Crippen MR) is 79.5 cm³/mol. The molecule has 0 aromatic carbocycles. The second-order valence-corrected chi connectivity index (χ2v) is 5.51. The maximum atomic E-state index is 3.44. The number of nitrogens with zero attached hydrogens (tertiary/aromatic N) is 1. The van der Waals surface area contributed by atoms with Gasteiger partial charge in [-0.25, -0.2) is 0 Å². The third-order valence-corrected chi connectivity index (χ3v) is 4.19. The molecule has 2 saturated heterocycles. The highest BCUT2D eigenvalue weighted by molar-refractivity contribution is 5.85. The van der Waals surface area contributed by atoms with Crippen LogP contribution < -0.4 is 5.32 Å². The monoisotopic (exact) mass is 282 g/mol. The van der Waals surface area contributed by atoms with Gasteiger partial charge in [-0.15, -0.1) is 24.8 Å². The summed E-state index contributed by atoms with van der Waals surface area (Å²) in [5.41, 5.74) is 0. The lowest BCUT2D eigenvalue weighted by Gasteiger charge is -2.32. The van der Waals surface area contributed by atoms with Crippen molar-refractivity contribution >= 4 is 24.8 Å². The smallest absolute Gasteiger partial charge is 0.00161 e. The van der Waals surface area contributed by atoms with Crippen molar-refractivity contribution in [3.63, 3.8) is 0 Å². The summed E-state index contributed by atoms with van der Waals surface area (Å²) in [6, 6.07) is 0. The van der Waals surface area contributed by atoms with Crippen molar-refractivity contribution in [2.45, 2.75) is 39.0 Å². The Morgan fingerprint density at radius 1 is 1.00 bits per heavy atom. The van der Waals surface area contributed by atoms with E-state index in [9.17, 15) is 0 Å². The maximum absolute atomic E-state index is 3.44. The normalized spacial score (nSPS) is 23.8. The maximum Gasteiger partial charge on any atom is -0.00161 e. The van der Waals surface area contributed by atoms with Crippen LogP contribution in [0.3, 0.4) is 0 Å². The molecule has 104 valence electrons. The van der Waals surface area contributed by atoms with Crippen LogP contribution in [0.2, 0.25) is 0 Å². The largest absolute Gasteiger partial charge is 0.317 e. The molecule has 2 heterocycles. The fraction of sp³-hybridized carbons (Fsp3) is 1.00. The first kappa shape index (κ1) is 17.5. The van der Waals surface area contributed by atoms with Gasteiger partial charge < -0.3 is 10.2 Å². The molecule has 0 radical (unpaired) electrons. The van der Waals surface area contributed by atoms with Gasteiger partial charge in [-0.3, -0.25) is 0 Å². The van der Waals surface area contributed by atoms with Crippen LogP contribution in [0.25, 0.3) is 0 Å². The van der Waals surface area contributed by atoms with E-state index in [0.29, 0.717) is 0 Å². The lowest BCUT2D eigenvalue weighted by molar-refractivity contribution is 0.175. The second kappa shape index (κ2) is 9.43. The average Bonchev–Trinajstić information content (AvgIpc) is 2.30. The van der Waals surface area contributed by atoms with Crippen LogP contribution in [0.5, 0.6) is 0 Å². The van der Waals surface area contributed by atoms with Crippen LogP contribution >= 0.6 is 24.8 Å². The standard InChI is InChI=1S/C13H26N2.2ClH/c1-12-4-9-15(10-5-12)11-6-13-2-7-14-8-3-13;;/h12-14H,2-11H2,1H3;2*1H. The highest BCUT2D eigenvalue weighted by Crippen LogP contribution is 2.20. The first-order valence-electron chi connectivity index (χ1n) is 6.77. The summed E-state index contributed by atoms with van der Waals surface area (Å²) in [5.74, 6) is 1.98. The van der Waals surface area contributed by atoms with Gasteiger partial charge >= 0.3 is 0 Å². The average molecular weight is 283 g/mol. The molecule has 2 nitrogen and oxygen atoms in total. The zero-order valence-corrected chi connectivity index (χ0v) is 12.6. The first-order chi connectivity index (χ1) is 7.34. The van der Waals surface area contributed by atoms with Crippen LogP contribution in [0.1, 0.15) is 39.0 Å². The van der Waals surface area contributed by atoms with E-state index in [1.54, 1.807) is 0 Å². The Morgan fingerprint density at radius 3 is 2.18 bits per heavy atom. The number of hydrogen-bond donors (Lipinski definition) is 1. The van der Waals surface area contributed by atoms with Gasteiger partial charge in [0, 0.05) is 0 Å². The zero-order valence-electron chi connectivity index (χ0n) is 11.0. The van der Waals surface area contributed by atoms with Crippen molar-refractivity contribution in [1.29, 1.82) is 0 Å². The molecule has 0 amide bonds. The van der Waals surface area contributed by atoms with Gasteiger partial charge in [0.05, 0.1) is 0 Å². The number of likely N-dealkylation sites (tertiary alicyclic amines) is 1. The summed E-state index contributed by atoms with van der Waals surface area (Å²) in [6.45, 7) is 8.96. The van der Waals surface area contributed by atoms with Gasteiger partial charge in [0.15, 0.2) is 0 Å². The van der Waals surface area contributed by atoms with Gasteiger partial charge in [0.2, 0.25) is 0 Å². The van der Waals surface area contributed by atoms with Crippen molar-refractivity contribution in [2.75, 3.05) is 32.7 Å². The lowest BCUT2D eigenvalue weighted by atomic mass is 9.93. The SMILES string of the molecule is CC1CCN(CCC2CCNCC2)CC1.Cl.Cl. The molecule has 0 aromatic heterocycles. The summed E-state index contributed by atoms with van der Waals surface area (Å²) >= 11 is 0. The molecule has 0 bridgehead atoms. The number of halogens is 2. The Kier molecular flexibility index (Phi) is 9.71. The molecule has 0 atom stereocenters. The number of hydrogen-bond acceptors (Lipinski definition) is 2. The number of piperidine rings is 2. The Bertz CT molecular complexity index is 176. The van der Waals surface area contributed by atoms with Crippen molar-refractivity contribution in [1.82, 2.24) is 10.2 Å². The summed E-state index contributed by atoms with van der Waals surface area (Å²) < 4.78 is 0. The van der Waals surface area contributed by atoms with Gasteiger partial charge in [-0.1, -0.05) is 6.92 Å². The third-order valence-electron chi connectivity index (χ3n) is 4.19. The molecule has 2 aliphatic rings. The Morgan fingerprint density at radius 2 is 1.59 bits per heavy atom. The molecule has 0 spiro atoms. The van der Waals surface area contributed by atoms with E-state index in [0.717, 1.165) is 11.8 Å². The van der Waals surface area contributed by atoms with Gasteiger partial charge in [0.25, 0.3) is 0 Å². The molecule has 0 aliphatic carbocycles. The van der Waals surface area contributed by atoms with Crippen LogP contribution in [0.4, 0.5) is 0 Å². The van der Waals surface area contributed by atoms with E-state index < -0.39 is 0 Å². The van der Waals surface area contributed by atoms with Gasteiger partial charge in [-0.2, -0.15) is 0 Å². The Hall–Kier alpha value is 0.500. The zero-order chi connectivity index (χ0) is 10.5. The summed E-state index contributed by atoms with van der Waals surface area (Å²) in [7, 11) is 0.